The number of amides is 1. The predicted octanol–water partition coefficient (Wildman–Crippen LogP) is 5.31. The van der Waals surface area contributed by atoms with Gasteiger partial charge in [-0.15, -0.1) is 0 Å². The quantitative estimate of drug-likeness (QED) is 0.594. The monoisotopic (exact) mass is 414 g/mol. The molecule has 4 rings (SSSR count). The topological polar surface area (TPSA) is 41.6 Å². The largest absolute Gasteiger partial charge is 0.490 e. The molecule has 4 heteroatoms. The molecule has 1 amide bonds. The predicted molar refractivity (Wildman–Crippen MR) is 126 cm³/mol. The lowest BCUT2D eigenvalue weighted by Gasteiger charge is -2.29. The highest BCUT2D eigenvalue weighted by Crippen LogP contribution is 2.21. The number of rotatable bonds is 6. The molecule has 0 bridgehead atoms. The van der Waals surface area contributed by atoms with Crippen molar-refractivity contribution in [1.29, 1.82) is 0 Å². The second kappa shape index (κ2) is 9.80. The maximum Gasteiger partial charge on any atom is 0.255 e. The first kappa shape index (κ1) is 21.1. The molecule has 0 unspecified atom stereocenters. The van der Waals surface area contributed by atoms with Crippen molar-refractivity contribution in [2.45, 2.75) is 32.3 Å². The lowest BCUT2D eigenvalue weighted by atomic mass is 10.0. The molecule has 1 heterocycles. The Morgan fingerprint density at radius 2 is 1.48 bits per heavy atom. The summed E-state index contributed by atoms with van der Waals surface area (Å²) >= 11 is 0. The van der Waals surface area contributed by atoms with Crippen molar-refractivity contribution in [3.63, 3.8) is 0 Å². The van der Waals surface area contributed by atoms with E-state index < -0.39 is 0 Å². The summed E-state index contributed by atoms with van der Waals surface area (Å²) in [6, 6.07) is 24.0. The number of ether oxygens (including phenoxy) is 1. The highest BCUT2D eigenvalue weighted by atomic mass is 16.5. The van der Waals surface area contributed by atoms with Gasteiger partial charge in [-0.3, -0.25) is 4.79 Å². The number of benzene rings is 3. The molecule has 3 aromatic carbocycles. The number of carbonyl (C=O) groups is 1. The van der Waals surface area contributed by atoms with Gasteiger partial charge in [0.2, 0.25) is 0 Å². The fourth-order valence-electron chi connectivity index (χ4n) is 3.83. The second-order valence-corrected chi connectivity index (χ2v) is 8.46. The second-order valence-electron chi connectivity index (χ2n) is 8.46. The minimum absolute atomic E-state index is 0.0899. The molecule has 0 aliphatic carbocycles. The molecule has 1 aliphatic rings. The van der Waals surface area contributed by atoms with E-state index in [0.717, 1.165) is 49.4 Å². The number of piperidine rings is 1. The number of aryl methyl sites for hydroxylation is 1. The summed E-state index contributed by atoms with van der Waals surface area (Å²) in [5.41, 5.74) is 5.06. The zero-order valence-electron chi connectivity index (χ0n) is 18.3. The van der Waals surface area contributed by atoms with Crippen LogP contribution in [0.5, 0.6) is 5.75 Å². The molecule has 3 aromatic rings. The van der Waals surface area contributed by atoms with E-state index in [4.69, 9.17) is 4.74 Å². The summed E-state index contributed by atoms with van der Waals surface area (Å²) in [6.45, 7) is 4.21. The summed E-state index contributed by atoms with van der Waals surface area (Å²) < 4.78 is 6.14. The van der Waals surface area contributed by atoms with Crippen molar-refractivity contribution in [2.75, 3.05) is 25.5 Å². The number of anilines is 1. The normalized spacial score (nSPS) is 14.9. The third-order valence-corrected chi connectivity index (χ3v) is 5.83. The highest BCUT2D eigenvalue weighted by Gasteiger charge is 2.17. The summed E-state index contributed by atoms with van der Waals surface area (Å²) in [4.78, 5) is 14.7. The van der Waals surface area contributed by atoms with Gasteiger partial charge in [-0.05, 0) is 80.8 Å². The van der Waals surface area contributed by atoms with Gasteiger partial charge in [0.15, 0.2) is 0 Å². The number of carbonyl (C=O) groups excluding carboxylic acids is 1. The van der Waals surface area contributed by atoms with Crippen molar-refractivity contribution in [3.8, 4) is 5.75 Å². The standard InChI is InChI=1S/C27H30N2O2/c1-20-3-9-23(10-4-20)27(30)28-24-11-5-21(6-12-24)19-22-7-13-25(14-8-22)31-26-15-17-29(2)18-16-26/h3-14,26H,15-19H2,1-2H3,(H,28,30). The van der Waals surface area contributed by atoms with Gasteiger partial charge in [0, 0.05) is 24.3 Å². The van der Waals surface area contributed by atoms with E-state index in [9.17, 15) is 4.79 Å². The maximum absolute atomic E-state index is 12.4. The van der Waals surface area contributed by atoms with Gasteiger partial charge in [0.1, 0.15) is 11.9 Å². The van der Waals surface area contributed by atoms with E-state index in [-0.39, 0.29) is 5.91 Å². The van der Waals surface area contributed by atoms with E-state index in [2.05, 4.69) is 53.7 Å². The first-order valence-corrected chi connectivity index (χ1v) is 11.0. The maximum atomic E-state index is 12.4. The molecule has 1 fully saturated rings. The van der Waals surface area contributed by atoms with Crippen LogP contribution in [0.15, 0.2) is 72.8 Å². The van der Waals surface area contributed by atoms with E-state index >= 15 is 0 Å². The van der Waals surface area contributed by atoms with Crippen LogP contribution in [0, 0.1) is 6.92 Å². The number of likely N-dealkylation sites (tertiary alicyclic amines) is 1. The molecular formula is C27H30N2O2. The van der Waals surface area contributed by atoms with E-state index in [0.29, 0.717) is 11.7 Å². The lowest BCUT2D eigenvalue weighted by molar-refractivity contribution is 0.102. The fourth-order valence-corrected chi connectivity index (χ4v) is 3.83. The van der Waals surface area contributed by atoms with Crippen LogP contribution in [0.2, 0.25) is 0 Å². The number of nitrogens with zero attached hydrogens (tertiary/aromatic N) is 1. The van der Waals surface area contributed by atoms with Gasteiger partial charge in [-0.2, -0.15) is 0 Å². The number of nitrogens with one attached hydrogen (secondary N) is 1. The van der Waals surface area contributed by atoms with Gasteiger partial charge < -0.3 is 15.0 Å². The molecule has 0 radical (unpaired) electrons. The van der Waals surface area contributed by atoms with Crippen LogP contribution in [0.3, 0.4) is 0 Å². The SMILES string of the molecule is Cc1ccc(C(=O)Nc2ccc(Cc3ccc(OC4CCN(C)CC4)cc3)cc2)cc1. The summed E-state index contributed by atoms with van der Waals surface area (Å²) in [6.07, 6.45) is 3.35. The smallest absolute Gasteiger partial charge is 0.255 e. The van der Waals surface area contributed by atoms with E-state index in [1.165, 1.54) is 11.1 Å². The molecule has 1 N–H and O–H groups in total. The van der Waals surface area contributed by atoms with Crippen LogP contribution in [-0.4, -0.2) is 37.0 Å². The summed E-state index contributed by atoms with van der Waals surface area (Å²) in [7, 11) is 2.16. The van der Waals surface area contributed by atoms with E-state index in [1.807, 2.05) is 43.3 Å². The zero-order chi connectivity index (χ0) is 21.6. The molecule has 0 atom stereocenters. The Kier molecular flexibility index (Phi) is 6.68. The first-order valence-electron chi connectivity index (χ1n) is 11.0. The van der Waals surface area contributed by atoms with Crippen molar-refractivity contribution in [1.82, 2.24) is 4.90 Å². The average molecular weight is 415 g/mol. The zero-order valence-corrected chi connectivity index (χ0v) is 18.3. The van der Waals surface area contributed by atoms with Crippen molar-refractivity contribution >= 4 is 11.6 Å². The third-order valence-electron chi connectivity index (χ3n) is 5.83. The van der Waals surface area contributed by atoms with Gasteiger partial charge in [-0.1, -0.05) is 42.0 Å². The lowest BCUT2D eigenvalue weighted by Crippen LogP contribution is -2.35. The van der Waals surface area contributed by atoms with E-state index in [1.54, 1.807) is 0 Å². The first-order chi connectivity index (χ1) is 15.0. The van der Waals surface area contributed by atoms with Crippen LogP contribution < -0.4 is 10.1 Å². The summed E-state index contributed by atoms with van der Waals surface area (Å²) in [5, 5.41) is 2.96. The molecule has 4 nitrogen and oxygen atoms in total. The molecule has 0 aromatic heterocycles. The summed E-state index contributed by atoms with van der Waals surface area (Å²) in [5.74, 6) is 0.861. The molecule has 160 valence electrons. The van der Waals surface area contributed by atoms with Gasteiger partial charge >= 0.3 is 0 Å². The Hall–Kier alpha value is -3.11. The van der Waals surface area contributed by atoms with Crippen LogP contribution in [0.4, 0.5) is 5.69 Å². The third kappa shape index (κ3) is 5.96. The molecule has 1 saturated heterocycles. The van der Waals surface area contributed by atoms with Crippen LogP contribution in [0.25, 0.3) is 0 Å². The van der Waals surface area contributed by atoms with Crippen LogP contribution in [-0.2, 0) is 6.42 Å². The van der Waals surface area contributed by atoms with Crippen molar-refractivity contribution in [3.05, 3.63) is 95.1 Å². The van der Waals surface area contributed by atoms with Gasteiger partial charge in [-0.25, -0.2) is 0 Å². The average Bonchev–Trinajstić information content (AvgIpc) is 2.78. The highest BCUT2D eigenvalue weighted by molar-refractivity contribution is 6.04. The van der Waals surface area contributed by atoms with Gasteiger partial charge in [0.05, 0.1) is 0 Å². The number of hydrogen-bond acceptors (Lipinski definition) is 3. The minimum atomic E-state index is -0.0899. The Morgan fingerprint density at radius 3 is 2.10 bits per heavy atom. The molecule has 31 heavy (non-hydrogen) atoms. The van der Waals surface area contributed by atoms with Crippen molar-refractivity contribution < 1.29 is 9.53 Å². The Bertz CT molecular complexity index is 987. The Balaban J connectivity index is 1.30. The minimum Gasteiger partial charge on any atom is -0.490 e. The molecular weight excluding hydrogens is 384 g/mol. The van der Waals surface area contributed by atoms with Crippen LogP contribution >= 0.6 is 0 Å². The van der Waals surface area contributed by atoms with Crippen LogP contribution in [0.1, 0.15) is 39.9 Å². The Labute approximate surface area is 184 Å². The molecule has 0 saturated carbocycles. The molecule has 0 spiro atoms. The van der Waals surface area contributed by atoms with Crippen molar-refractivity contribution in [2.24, 2.45) is 0 Å². The molecule has 1 aliphatic heterocycles. The number of hydrogen-bond donors (Lipinski definition) is 1. The fraction of sp³-hybridized carbons (Fsp3) is 0.296. The Morgan fingerprint density at radius 1 is 0.903 bits per heavy atom. The van der Waals surface area contributed by atoms with Gasteiger partial charge in [0.25, 0.3) is 5.91 Å².